The lowest BCUT2D eigenvalue weighted by molar-refractivity contribution is 0.0748. The minimum atomic E-state index is -2.97. The fourth-order valence-electron chi connectivity index (χ4n) is 2.87. The van der Waals surface area contributed by atoms with E-state index in [0.29, 0.717) is 12.0 Å². The van der Waals surface area contributed by atoms with E-state index < -0.39 is 9.84 Å². The van der Waals surface area contributed by atoms with Crippen molar-refractivity contribution >= 4 is 21.4 Å². The molecule has 2 heterocycles. The minimum Gasteiger partial charge on any atom is -0.384 e. The van der Waals surface area contributed by atoms with E-state index in [1.807, 2.05) is 18.2 Å². The molecule has 0 radical (unpaired) electrons. The Morgan fingerprint density at radius 3 is 2.90 bits per heavy atom. The Balaban J connectivity index is 1.79. The molecule has 1 atom stereocenters. The van der Waals surface area contributed by atoms with E-state index >= 15 is 0 Å². The van der Waals surface area contributed by atoms with Gasteiger partial charge >= 0.3 is 0 Å². The number of rotatable bonds is 2. The Labute approximate surface area is 118 Å². The summed E-state index contributed by atoms with van der Waals surface area (Å²) in [5.74, 6) is 0.156. The standard InChI is InChI=1S/C14H18N2O3S/c1-16(12-5-7-20(18,19)9-12)14(17)11-3-2-10-4-6-15-13(10)8-11/h2-3,8,12,15H,4-7,9H2,1H3. The zero-order chi connectivity index (χ0) is 14.3. The van der Waals surface area contributed by atoms with Crippen LogP contribution in [0.4, 0.5) is 5.69 Å². The lowest BCUT2D eigenvalue weighted by Gasteiger charge is -2.23. The van der Waals surface area contributed by atoms with Crippen LogP contribution in [0.3, 0.4) is 0 Å². The molecule has 1 fully saturated rings. The third kappa shape index (κ3) is 2.40. The second-order valence-electron chi connectivity index (χ2n) is 5.52. The molecular weight excluding hydrogens is 276 g/mol. The number of carbonyl (C=O) groups is 1. The first-order valence-corrected chi connectivity index (χ1v) is 8.63. The van der Waals surface area contributed by atoms with E-state index in [1.54, 1.807) is 11.9 Å². The highest BCUT2D eigenvalue weighted by molar-refractivity contribution is 7.91. The Morgan fingerprint density at radius 2 is 2.20 bits per heavy atom. The first kappa shape index (κ1) is 13.4. The number of amides is 1. The first-order chi connectivity index (χ1) is 9.46. The van der Waals surface area contributed by atoms with Crippen LogP contribution in [-0.2, 0) is 16.3 Å². The molecule has 1 aromatic carbocycles. The van der Waals surface area contributed by atoms with Crippen LogP contribution in [0.2, 0.25) is 0 Å². The van der Waals surface area contributed by atoms with Crippen molar-refractivity contribution in [1.29, 1.82) is 0 Å². The largest absolute Gasteiger partial charge is 0.384 e. The van der Waals surface area contributed by atoms with Gasteiger partial charge in [0.1, 0.15) is 0 Å². The molecule has 20 heavy (non-hydrogen) atoms. The van der Waals surface area contributed by atoms with Gasteiger partial charge in [-0.05, 0) is 30.5 Å². The summed E-state index contributed by atoms with van der Waals surface area (Å²) in [6.07, 6.45) is 1.52. The van der Waals surface area contributed by atoms with Crippen molar-refractivity contribution in [3.05, 3.63) is 29.3 Å². The third-order valence-electron chi connectivity index (χ3n) is 4.14. The van der Waals surface area contributed by atoms with Gasteiger partial charge in [0.05, 0.1) is 11.5 Å². The molecule has 1 saturated heterocycles. The Bertz CT molecular complexity index is 654. The van der Waals surface area contributed by atoms with Crippen LogP contribution in [-0.4, -0.2) is 50.4 Å². The van der Waals surface area contributed by atoms with Gasteiger partial charge in [0.15, 0.2) is 9.84 Å². The van der Waals surface area contributed by atoms with Crippen LogP contribution in [0.5, 0.6) is 0 Å². The van der Waals surface area contributed by atoms with Crippen molar-refractivity contribution in [3.63, 3.8) is 0 Å². The lowest BCUT2D eigenvalue weighted by atomic mass is 10.1. The van der Waals surface area contributed by atoms with Crippen LogP contribution < -0.4 is 5.32 Å². The summed E-state index contributed by atoms with van der Waals surface area (Å²) in [5, 5.41) is 3.25. The van der Waals surface area contributed by atoms with Gasteiger partial charge in [-0.1, -0.05) is 6.07 Å². The van der Waals surface area contributed by atoms with Gasteiger partial charge in [-0.2, -0.15) is 0 Å². The summed E-state index contributed by atoms with van der Waals surface area (Å²) in [6, 6.07) is 5.47. The predicted octanol–water partition coefficient (Wildman–Crippen LogP) is 0.914. The van der Waals surface area contributed by atoms with Crippen molar-refractivity contribution < 1.29 is 13.2 Å². The van der Waals surface area contributed by atoms with E-state index in [4.69, 9.17) is 0 Å². The minimum absolute atomic E-state index is 0.0818. The maximum atomic E-state index is 12.4. The van der Waals surface area contributed by atoms with Gasteiger partial charge in [0, 0.05) is 30.9 Å². The summed E-state index contributed by atoms with van der Waals surface area (Å²) < 4.78 is 23.0. The first-order valence-electron chi connectivity index (χ1n) is 6.81. The SMILES string of the molecule is CN(C(=O)c1ccc2c(c1)NCC2)C1CCS(=O)(=O)C1. The van der Waals surface area contributed by atoms with Gasteiger partial charge in [0.2, 0.25) is 0 Å². The third-order valence-corrected chi connectivity index (χ3v) is 5.89. The smallest absolute Gasteiger partial charge is 0.253 e. The molecule has 1 aromatic rings. The van der Waals surface area contributed by atoms with E-state index in [1.165, 1.54) is 5.56 Å². The number of nitrogens with zero attached hydrogens (tertiary/aromatic N) is 1. The van der Waals surface area contributed by atoms with Gasteiger partial charge in [0.25, 0.3) is 5.91 Å². The van der Waals surface area contributed by atoms with Gasteiger partial charge < -0.3 is 10.2 Å². The fourth-order valence-corrected chi connectivity index (χ4v) is 4.65. The lowest BCUT2D eigenvalue weighted by Crippen LogP contribution is -2.37. The number of carbonyl (C=O) groups excluding carboxylic acids is 1. The molecule has 1 unspecified atom stereocenters. The van der Waals surface area contributed by atoms with Gasteiger partial charge in [-0.15, -0.1) is 0 Å². The zero-order valence-corrected chi connectivity index (χ0v) is 12.2. The quantitative estimate of drug-likeness (QED) is 0.880. The molecule has 0 saturated carbocycles. The highest BCUT2D eigenvalue weighted by Crippen LogP contribution is 2.25. The number of hydrogen-bond donors (Lipinski definition) is 1. The highest BCUT2D eigenvalue weighted by atomic mass is 32.2. The fraction of sp³-hybridized carbons (Fsp3) is 0.500. The summed E-state index contributed by atoms with van der Waals surface area (Å²) in [6.45, 7) is 0.906. The van der Waals surface area contributed by atoms with Crippen molar-refractivity contribution in [1.82, 2.24) is 4.90 Å². The molecule has 0 spiro atoms. The summed E-state index contributed by atoms with van der Waals surface area (Å²) in [4.78, 5) is 14.0. The Hall–Kier alpha value is -1.56. The summed E-state index contributed by atoms with van der Waals surface area (Å²) >= 11 is 0. The maximum absolute atomic E-state index is 12.4. The maximum Gasteiger partial charge on any atom is 0.253 e. The molecule has 6 heteroatoms. The molecule has 3 rings (SSSR count). The number of fused-ring (bicyclic) bond motifs is 1. The van der Waals surface area contributed by atoms with E-state index in [0.717, 1.165) is 18.7 Å². The Morgan fingerprint density at radius 1 is 1.40 bits per heavy atom. The molecule has 108 valence electrons. The molecule has 1 N–H and O–H groups in total. The molecule has 0 aromatic heterocycles. The number of sulfone groups is 1. The van der Waals surface area contributed by atoms with Crippen LogP contribution in [0.15, 0.2) is 18.2 Å². The average molecular weight is 294 g/mol. The van der Waals surface area contributed by atoms with Crippen molar-refractivity contribution in [2.75, 3.05) is 30.4 Å². The second-order valence-corrected chi connectivity index (χ2v) is 7.75. The van der Waals surface area contributed by atoms with Crippen molar-refractivity contribution in [2.45, 2.75) is 18.9 Å². The molecule has 2 aliphatic heterocycles. The normalized spacial score (nSPS) is 23.1. The molecule has 2 aliphatic rings. The van der Waals surface area contributed by atoms with Crippen molar-refractivity contribution in [2.24, 2.45) is 0 Å². The van der Waals surface area contributed by atoms with Gasteiger partial charge in [-0.25, -0.2) is 8.42 Å². The number of nitrogens with one attached hydrogen (secondary N) is 1. The Kier molecular flexibility index (Phi) is 3.20. The van der Waals surface area contributed by atoms with Crippen LogP contribution >= 0.6 is 0 Å². The van der Waals surface area contributed by atoms with Crippen molar-refractivity contribution in [3.8, 4) is 0 Å². The summed E-state index contributed by atoms with van der Waals surface area (Å²) in [7, 11) is -1.28. The van der Waals surface area contributed by atoms with Crippen LogP contribution in [0.25, 0.3) is 0 Å². The van der Waals surface area contributed by atoms with Crippen LogP contribution in [0, 0.1) is 0 Å². The molecular formula is C14H18N2O3S. The van der Waals surface area contributed by atoms with E-state index in [-0.39, 0.29) is 23.5 Å². The monoisotopic (exact) mass is 294 g/mol. The second kappa shape index (κ2) is 4.77. The highest BCUT2D eigenvalue weighted by Gasteiger charge is 2.33. The number of hydrogen-bond acceptors (Lipinski definition) is 4. The summed E-state index contributed by atoms with van der Waals surface area (Å²) in [5.41, 5.74) is 2.86. The molecule has 0 bridgehead atoms. The molecule has 5 nitrogen and oxygen atoms in total. The number of anilines is 1. The average Bonchev–Trinajstić information content (AvgIpc) is 3.02. The van der Waals surface area contributed by atoms with Crippen LogP contribution in [0.1, 0.15) is 22.3 Å². The number of benzene rings is 1. The molecule has 0 aliphatic carbocycles. The van der Waals surface area contributed by atoms with E-state index in [9.17, 15) is 13.2 Å². The zero-order valence-electron chi connectivity index (χ0n) is 11.4. The predicted molar refractivity (Wildman–Crippen MR) is 77.8 cm³/mol. The topological polar surface area (TPSA) is 66.5 Å². The van der Waals surface area contributed by atoms with Gasteiger partial charge in [-0.3, -0.25) is 4.79 Å². The molecule has 1 amide bonds. The van der Waals surface area contributed by atoms with E-state index in [2.05, 4.69) is 5.32 Å².